The molecular formula is C12H13ClN2O. The highest BCUT2D eigenvalue weighted by Gasteiger charge is 2.00. The van der Waals surface area contributed by atoms with Crippen molar-refractivity contribution in [3.8, 4) is 0 Å². The molecule has 2 rings (SSSR count). The Morgan fingerprint density at radius 2 is 2.06 bits per heavy atom. The molecule has 0 fully saturated rings. The van der Waals surface area contributed by atoms with Gasteiger partial charge in [-0.25, -0.2) is 4.98 Å². The van der Waals surface area contributed by atoms with Crippen LogP contribution in [0.1, 0.15) is 11.4 Å². The first-order chi connectivity index (χ1) is 7.90. The van der Waals surface area contributed by atoms with Crippen molar-refractivity contribution in [2.24, 2.45) is 0 Å². The van der Waals surface area contributed by atoms with Crippen LogP contribution in [-0.2, 0) is 24.0 Å². The van der Waals surface area contributed by atoms with Gasteiger partial charge in [0.05, 0.1) is 12.5 Å². The Kier molecular flexibility index (Phi) is 3.97. The lowest BCUT2D eigenvalue weighted by Crippen LogP contribution is -2.05. The van der Waals surface area contributed by atoms with Crippen LogP contribution in [0.3, 0.4) is 0 Å². The molecule has 0 amide bonds. The van der Waals surface area contributed by atoms with Gasteiger partial charge in [0.2, 0.25) is 0 Å². The maximum atomic E-state index is 5.73. The lowest BCUT2D eigenvalue weighted by atomic mass is 10.2. The Morgan fingerprint density at radius 3 is 2.81 bits per heavy atom. The van der Waals surface area contributed by atoms with Gasteiger partial charge < -0.3 is 9.30 Å². The molecule has 0 aliphatic carbocycles. The van der Waals surface area contributed by atoms with Gasteiger partial charge in [-0.1, -0.05) is 30.3 Å². The quantitative estimate of drug-likeness (QED) is 0.747. The Labute approximate surface area is 99.6 Å². The SMILES string of the molecule is ClCc1nccn1COCc1ccccc1. The number of ether oxygens (including phenoxy) is 1. The first-order valence-electron chi connectivity index (χ1n) is 5.08. The van der Waals surface area contributed by atoms with Crippen molar-refractivity contribution in [2.75, 3.05) is 0 Å². The monoisotopic (exact) mass is 236 g/mol. The van der Waals surface area contributed by atoms with Crippen molar-refractivity contribution < 1.29 is 4.74 Å². The van der Waals surface area contributed by atoms with Crippen LogP contribution in [0.15, 0.2) is 42.7 Å². The smallest absolute Gasteiger partial charge is 0.125 e. The third-order valence-corrected chi connectivity index (χ3v) is 2.50. The second-order valence-electron chi connectivity index (χ2n) is 3.41. The third kappa shape index (κ3) is 2.84. The molecule has 1 aromatic heterocycles. The Hall–Kier alpha value is -1.32. The summed E-state index contributed by atoms with van der Waals surface area (Å²) in [5.41, 5.74) is 1.16. The number of alkyl halides is 1. The molecule has 1 heterocycles. The molecular weight excluding hydrogens is 224 g/mol. The van der Waals surface area contributed by atoms with Crippen molar-refractivity contribution in [3.63, 3.8) is 0 Å². The van der Waals surface area contributed by atoms with Crippen LogP contribution in [0, 0.1) is 0 Å². The predicted molar refractivity (Wildman–Crippen MR) is 63.0 cm³/mol. The molecule has 3 nitrogen and oxygen atoms in total. The van der Waals surface area contributed by atoms with E-state index in [9.17, 15) is 0 Å². The van der Waals surface area contributed by atoms with Crippen LogP contribution in [0.25, 0.3) is 0 Å². The topological polar surface area (TPSA) is 27.1 Å². The first kappa shape index (κ1) is 11.2. The number of nitrogens with zero attached hydrogens (tertiary/aromatic N) is 2. The van der Waals surface area contributed by atoms with E-state index in [1.54, 1.807) is 6.20 Å². The van der Waals surface area contributed by atoms with E-state index in [-0.39, 0.29) is 0 Å². The first-order valence-corrected chi connectivity index (χ1v) is 5.61. The van der Waals surface area contributed by atoms with Crippen LogP contribution >= 0.6 is 11.6 Å². The lowest BCUT2D eigenvalue weighted by Gasteiger charge is -2.07. The molecule has 0 bridgehead atoms. The zero-order chi connectivity index (χ0) is 11.2. The molecule has 84 valence electrons. The van der Waals surface area contributed by atoms with E-state index in [4.69, 9.17) is 16.3 Å². The molecule has 0 unspecified atom stereocenters. The van der Waals surface area contributed by atoms with Crippen LogP contribution in [0.4, 0.5) is 0 Å². The van der Waals surface area contributed by atoms with Crippen LogP contribution in [0.2, 0.25) is 0 Å². The standard InChI is InChI=1S/C12H13ClN2O/c13-8-12-14-6-7-15(12)10-16-9-11-4-2-1-3-5-11/h1-7H,8-10H2. The van der Waals surface area contributed by atoms with E-state index >= 15 is 0 Å². The second-order valence-corrected chi connectivity index (χ2v) is 3.68. The Balaban J connectivity index is 1.85. The summed E-state index contributed by atoms with van der Waals surface area (Å²) in [6, 6.07) is 10.1. The number of rotatable bonds is 5. The predicted octanol–water partition coefficient (Wildman–Crippen LogP) is 2.80. The molecule has 2 aromatic rings. The van der Waals surface area contributed by atoms with Gasteiger partial charge in [-0.2, -0.15) is 0 Å². The van der Waals surface area contributed by atoms with Crippen molar-refractivity contribution in [1.29, 1.82) is 0 Å². The summed E-state index contributed by atoms with van der Waals surface area (Å²) in [6.07, 6.45) is 3.59. The zero-order valence-electron chi connectivity index (χ0n) is 8.84. The van der Waals surface area contributed by atoms with Crippen LogP contribution in [-0.4, -0.2) is 9.55 Å². The fourth-order valence-corrected chi connectivity index (χ4v) is 1.65. The number of hydrogen-bond acceptors (Lipinski definition) is 2. The van der Waals surface area contributed by atoms with Crippen molar-refractivity contribution in [2.45, 2.75) is 19.2 Å². The van der Waals surface area contributed by atoms with E-state index < -0.39 is 0 Å². The number of halogens is 1. The van der Waals surface area contributed by atoms with Gasteiger partial charge in [0.25, 0.3) is 0 Å². The van der Waals surface area contributed by atoms with E-state index in [2.05, 4.69) is 4.98 Å². The van der Waals surface area contributed by atoms with Gasteiger partial charge in [0, 0.05) is 12.4 Å². The largest absolute Gasteiger partial charge is 0.356 e. The molecule has 16 heavy (non-hydrogen) atoms. The maximum Gasteiger partial charge on any atom is 0.125 e. The van der Waals surface area contributed by atoms with Crippen molar-refractivity contribution >= 4 is 11.6 Å². The minimum absolute atomic E-state index is 0.404. The molecule has 0 radical (unpaired) electrons. The van der Waals surface area contributed by atoms with Gasteiger partial charge >= 0.3 is 0 Å². The lowest BCUT2D eigenvalue weighted by molar-refractivity contribution is 0.0625. The Morgan fingerprint density at radius 1 is 1.25 bits per heavy atom. The fraction of sp³-hybridized carbons (Fsp3) is 0.250. The number of aromatic nitrogens is 2. The highest BCUT2D eigenvalue weighted by atomic mass is 35.5. The molecule has 0 atom stereocenters. The molecule has 0 saturated carbocycles. The maximum absolute atomic E-state index is 5.73. The fourth-order valence-electron chi connectivity index (χ4n) is 1.42. The van der Waals surface area contributed by atoms with E-state index in [1.807, 2.05) is 41.1 Å². The van der Waals surface area contributed by atoms with Crippen molar-refractivity contribution in [3.05, 3.63) is 54.1 Å². The molecule has 0 saturated heterocycles. The Bertz CT molecular complexity index is 428. The van der Waals surface area contributed by atoms with E-state index in [1.165, 1.54) is 0 Å². The van der Waals surface area contributed by atoms with Crippen LogP contribution in [0.5, 0.6) is 0 Å². The molecule has 4 heteroatoms. The average molecular weight is 237 g/mol. The zero-order valence-corrected chi connectivity index (χ0v) is 9.60. The number of imidazole rings is 1. The number of benzene rings is 1. The van der Waals surface area contributed by atoms with E-state index in [0.29, 0.717) is 19.2 Å². The summed E-state index contributed by atoms with van der Waals surface area (Å²) in [6.45, 7) is 1.08. The summed E-state index contributed by atoms with van der Waals surface area (Å²) >= 11 is 5.73. The van der Waals surface area contributed by atoms with Gasteiger partial charge in [-0.15, -0.1) is 11.6 Å². The van der Waals surface area contributed by atoms with Gasteiger partial charge in [-0.05, 0) is 5.56 Å². The van der Waals surface area contributed by atoms with Crippen molar-refractivity contribution in [1.82, 2.24) is 9.55 Å². The molecule has 0 aliphatic heterocycles. The summed E-state index contributed by atoms with van der Waals surface area (Å²) in [4.78, 5) is 4.11. The average Bonchev–Trinajstić information content (AvgIpc) is 2.78. The summed E-state index contributed by atoms with van der Waals surface area (Å²) < 4.78 is 7.47. The molecule has 0 spiro atoms. The summed E-state index contributed by atoms with van der Waals surface area (Å²) in [5.74, 6) is 1.23. The third-order valence-electron chi connectivity index (χ3n) is 2.26. The highest BCUT2D eigenvalue weighted by molar-refractivity contribution is 6.16. The molecule has 1 aromatic carbocycles. The summed E-state index contributed by atoms with van der Waals surface area (Å²) in [7, 11) is 0. The van der Waals surface area contributed by atoms with E-state index in [0.717, 1.165) is 11.4 Å². The van der Waals surface area contributed by atoms with Crippen LogP contribution < -0.4 is 0 Å². The number of hydrogen-bond donors (Lipinski definition) is 0. The molecule has 0 N–H and O–H groups in total. The minimum atomic E-state index is 0.404. The highest BCUT2D eigenvalue weighted by Crippen LogP contribution is 2.04. The van der Waals surface area contributed by atoms with Gasteiger partial charge in [0.15, 0.2) is 0 Å². The molecule has 0 aliphatic rings. The normalized spacial score (nSPS) is 10.6. The van der Waals surface area contributed by atoms with Gasteiger partial charge in [-0.3, -0.25) is 0 Å². The second kappa shape index (κ2) is 5.68. The summed E-state index contributed by atoms with van der Waals surface area (Å²) in [5, 5.41) is 0. The van der Waals surface area contributed by atoms with Gasteiger partial charge in [0.1, 0.15) is 12.6 Å². The minimum Gasteiger partial charge on any atom is -0.356 e.